The zero-order chi connectivity index (χ0) is 22.6. The summed E-state index contributed by atoms with van der Waals surface area (Å²) in [5, 5.41) is 24.3. The highest BCUT2D eigenvalue weighted by Gasteiger charge is 2.34. The third-order valence-corrected chi connectivity index (χ3v) is 3.72. The summed E-state index contributed by atoms with van der Waals surface area (Å²) in [5.74, 6) is -0.258. The summed E-state index contributed by atoms with van der Waals surface area (Å²) in [6, 6.07) is 3.33. The van der Waals surface area contributed by atoms with Crippen molar-refractivity contribution in [1.29, 1.82) is 0 Å². The van der Waals surface area contributed by atoms with E-state index in [9.17, 15) is 33.4 Å². The molecule has 0 spiro atoms. The average molecular weight is 445 g/mol. The van der Waals surface area contributed by atoms with Gasteiger partial charge in [-0.15, -0.1) is 0 Å². The van der Waals surface area contributed by atoms with Crippen molar-refractivity contribution in [2.45, 2.75) is 20.0 Å². The van der Waals surface area contributed by atoms with Crippen LogP contribution in [0.2, 0.25) is 5.15 Å². The van der Waals surface area contributed by atoms with E-state index < -0.39 is 27.4 Å². The van der Waals surface area contributed by atoms with E-state index in [1.807, 2.05) is 0 Å². The van der Waals surface area contributed by atoms with E-state index in [2.05, 4.69) is 15.1 Å². The lowest BCUT2D eigenvalue weighted by molar-refractivity contribution is -0.385. The van der Waals surface area contributed by atoms with Gasteiger partial charge in [0, 0.05) is 30.7 Å². The highest BCUT2D eigenvalue weighted by molar-refractivity contribution is 6.31. The van der Waals surface area contributed by atoms with Gasteiger partial charge < -0.3 is 0 Å². The summed E-state index contributed by atoms with van der Waals surface area (Å²) in [6.07, 6.45) is -0.829. The van der Waals surface area contributed by atoms with Crippen LogP contribution >= 0.6 is 11.6 Å². The van der Waals surface area contributed by atoms with E-state index in [-0.39, 0.29) is 16.7 Å². The number of hydrogen-bond acceptors (Lipinski definition) is 7. The SMILES string of the molecule is Cc1cnc(-n2ccc(C(F)(F)F)n2)c([N+](=O)[O-])c1.Cc1cnc(Cl)c([N+](=O)[O-])c1. The van der Waals surface area contributed by atoms with Gasteiger partial charge in [-0.2, -0.15) is 18.3 Å². The van der Waals surface area contributed by atoms with Gasteiger partial charge in [-0.05, 0) is 31.0 Å². The zero-order valence-electron chi connectivity index (χ0n) is 15.3. The number of rotatable bonds is 3. The highest BCUT2D eigenvalue weighted by atomic mass is 35.5. The molecule has 30 heavy (non-hydrogen) atoms. The molecule has 14 heteroatoms. The topological polar surface area (TPSA) is 130 Å². The molecule has 0 saturated heterocycles. The molecule has 0 unspecified atom stereocenters. The molecule has 3 rings (SSSR count). The van der Waals surface area contributed by atoms with Crippen LogP contribution in [0.5, 0.6) is 0 Å². The molecule has 0 radical (unpaired) electrons. The highest BCUT2D eigenvalue weighted by Crippen LogP contribution is 2.29. The van der Waals surface area contributed by atoms with Crippen LogP contribution in [0.4, 0.5) is 24.5 Å². The molecule has 0 aliphatic heterocycles. The molecule has 3 heterocycles. The maximum Gasteiger partial charge on any atom is 0.435 e. The molecule has 158 valence electrons. The molecule has 0 aromatic carbocycles. The van der Waals surface area contributed by atoms with Gasteiger partial charge in [-0.25, -0.2) is 14.6 Å². The fourth-order valence-corrected chi connectivity index (χ4v) is 2.29. The van der Waals surface area contributed by atoms with E-state index in [1.54, 1.807) is 13.8 Å². The Morgan fingerprint density at radius 2 is 1.53 bits per heavy atom. The minimum atomic E-state index is -4.61. The number of pyridine rings is 2. The minimum absolute atomic E-state index is 0.0689. The van der Waals surface area contributed by atoms with Crippen LogP contribution in [0, 0.1) is 34.1 Å². The Morgan fingerprint density at radius 1 is 1.00 bits per heavy atom. The van der Waals surface area contributed by atoms with Crippen molar-refractivity contribution in [1.82, 2.24) is 19.7 Å². The van der Waals surface area contributed by atoms with Gasteiger partial charge in [0.15, 0.2) is 5.69 Å². The first kappa shape index (κ1) is 22.7. The summed E-state index contributed by atoms with van der Waals surface area (Å²) < 4.78 is 38.0. The first-order valence-electron chi connectivity index (χ1n) is 7.91. The van der Waals surface area contributed by atoms with Crippen molar-refractivity contribution in [3.63, 3.8) is 0 Å². The monoisotopic (exact) mass is 444 g/mol. The number of nitro groups is 2. The van der Waals surface area contributed by atoms with Crippen molar-refractivity contribution < 1.29 is 23.0 Å². The lowest BCUT2D eigenvalue weighted by Crippen LogP contribution is -2.09. The Morgan fingerprint density at radius 3 is 2.00 bits per heavy atom. The first-order chi connectivity index (χ1) is 13.9. The van der Waals surface area contributed by atoms with Gasteiger partial charge in [0.25, 0.3) is 0 Å². The van der Waals surface area contributed by atoms with Gasteiger partial charge >= 0.3 is 17.6 Å². The second-order valence-corrected chi connectivity index (χ2v) is 6.19. The molecule has 0 N–H and O–H groups in total. The molecule has 0 fully saturated rings. The fraction of sp³-hybridized carbons (Fsp3) is 0.188. The molecular weight excluding hydrogens is 433 g/mol. The second-order valence-electron chi connectivity index (χ2n) is 5.84. The van der Waals surface area contributed by atoms with Crippen molar-refractivity contribution in [3.05, 3.63) is 79.0 Å². The molecule has 0 aliphatic rings. The average Bonchev–Trinajstić information content (AvgIpc) is 3.14. The predicted molar refractivity (Wildman–Crippen MR) is 98.4 cm³/mol. The fourth-order valence-electron chi connectivity index (χ4n) is 2.12. The van der Waals surface area contributed by atoms with Crippen molar-refractivity contribution in [2.75, 3.05) is 0 Å². The van der Waals surface area contributed by atoms with Crippen LogP contribution in [0.15, 0.2) is 36.8 Å². The molecule has 0 amide bonds. The first-order valence-corrected chi connectivity index (χ1v) is 8.28. The maximum atomic E-state index is 12.4. The molecule has 0 saturated carbocycles. The number of hydrogen-bond donors (Lipinski definition) is 0. The van der Waals surface area contributed by atoms with Gasteiger partial charge in [0.1, 0.15) is 0 Å². The normalized spacial score (nSPS) is 10.9. The molecule has 0 atom stereocenters. The number of aromatic nitrogens is 4. The van der Waals surface area contributed by atoms with Gasteiger partial charge in [0.2, 0.25) is 11.0 Å². The third-order valence-electron chi connectivity index (χ3n) is 3.43. The smallest absolute Gasteiger partial charge is 0.258 e. The molecule has 0 bridgehead atoms. The summed E-state index contributed by atoms with van der Waals surface area (Å²) in [4.78, 5) is 27.2. The Kier molecular flexibility index (Phi) is 6.66. The molecule has 0 aliphatic carbocycles. The van der Waals surface area contributed by atoms with Gasteiger partial charge in [0.05, 0.1) is 9.85 Å². The molecule has 3 aromatic rings. The third kappa shape index (κ3) is 5.47. The van der Waals surface area contributed by atoms with Crippen LogP contribution in [-0.2, 0) is 6.18 Å². The van der Waals surface area contributed by atoms with Gasteiger partial charge in [-0.1, -0.05) is 11.6 Å². The maximum absolute atomic E-state index is 12.4. The van der Waals surface area contributed by atoms with Crippen LogP contribution in [0.25, 0.3) is 5.82 Å². The van der Waals surface area contributed by atoms with Crippen LogP contribution in [0.1, 0.15) is 16.8 Å². The Bertz CT molecular complexity index is 1100. The second kappa shape index (κ2) is 8.82. The van der Waals surface area contributed by atoms with Crippen molar-refractivity contribution in [3.8, 4) is 5.82 Å². The van der Waals surface area contributed by atoms with E-state index in [4.69, 9.17) is 11.6 Å². The van der Waals surface area contributed by atoms with Crippen molar-refractivity contribution >= 4 is 23.0 Å². The van der Waals surface area contributed by atoms with Crippen molar-refractivity contribution in [2.24, 2.45) is 0 Å². The quantitative estimate of drug-likeness (QED) is 0.331. The zero-order valence-corrected chi connectivity index (χ0v) is 16.0. The molecule has 10 nitrogen and oxygen atoms in total. The van der Waals surface area contributed by atoms with E-state index in [1.165, 1.54) is 24.5 Å². The van der Waals surface area contributed by atoms with Crippen LogP contribution < -0.4 is 0 Å². The van der Waals surface area contributed by atoms with Crippen LogP contribution in [-0.4, -0.2) is 29.6 Å². The summed E-state index contributed by atoms with van der Waals surface area (Å²) in [5.41, 5.74) is -0.438. The number of nitrogens with zero attached hydrogens (tertiary/aromatic N) is 6. The summed E-state index contributed by atoms with van der Waals surface area (Å²) in [6.45, 7) is 3.31. The van der Waals surface area contributed by atoms with E-state index in [0.29, 0.717) is 5.56 Å². The molecular formula is C16H12ClF3N6O4. The minimum Gasteiger partial charge on any atom is -0.258 e. The predicted octanol–water partition coefficient (Wildman–Crippen LogP) is 4.45. The Labute approximate surface area is 171 Å². The number of halogens is 4. The number of alkyl halides is 3. The largest absolute Gasteiger partial charge is 0.435 e. The van der Waals surface area contributed by atoms with Crippen LogP contribution in [0.3, 0.4) is 0 Å². The number of aryl methyl sites for hydroxylation is 2. The Balaban J connectivity index is 0.000000248. The van der Waals surface area contributed by atoms with E-state index in [0.717, 1.165) is 22.5 Å². The standard InChI is InChI=1S/C10H7F3N4O2.C6H5ClN2O2/c1-6-4-7(17(18)19)9(14-5-6)16-3-2-8(15-16)10(11,12)13;1-4-2-5(9(10)11)6(7)8-3-4/h2-5H,1H3;2-3H,1H3. The summed E-state index contributed by atoms with van der Waals surface area (Å²) in [7, 11) is 0. The van der Waals surface area contributed by atoms with Gasteiger partial charge in [-0.3, -0.25) is 20.2 Å². The molecule has 3 aromatic heterocycles. The summed E-state index contributed by atoms with van der Waals surface area (Å²) >= 11 is 5.44. The lowest BCUT2D eigenvalue weighted by atomic mass is 10.3. The Hall–Kier alpha value is -3.61. The van der Waals surface area contributed by atoms with E-state index >= 15 is 0 Å². The lowest BCUT2D eigenvalue weighted by Gasteiger charge is -2.03.